The first-order valence-electron chi connectivity index (χ1n) is 7.18. The summed E-state index contributed by atoms with van der Waals surface area (Å²) >= 11 is 0. The van der Waals surface area contributed by atoms with Gasteiger partial charge in [0.05, 0.1) is 11.0 Å². The van der Waals surface area contributed by atoms with Gasteiger partial charge >= 0.3 is 11.7 Å². The number of rotatable bonds is 5. The first-order valence-corrected chi connectivity index (χ1v) is 7.18. The van der Waals surface area contributed by atoms with Gasteiger partial charge in [0, 0.05) is 12.6 Å². The van der Waals surface area contributed by atoms with Crippen LogP contribution in [-0.4, -0.2) is 32.6 Å². The lowest BCUT2D eigenvalue weighted by atomic mass is 10.1. The zero-order valence-electron chi connectivity index (χ0n) is 12.1. The number of carbonyl (C=O) groups excluding carboxylic acids is 1. The van der Waals surface area contributed by atoms with Crippen molar-refractivity contribution >= 4 is 22.9 Å². The molecule has 1 aliphatic carbocycles. The fourth-order valence-electron chi connectivity index (χ4n) is 2.51. The standard InChI is InChI=1S/C15H17N3O4/c1-18-12-7-9(4-5-10(12)17-15(18)22)13(19)16-11(14(20)21)6-8-2-3-8/h4-5,7-8,11H,2-3,6H2,1H3,(H,16,19)(H,17,22)(H,20,21). The molecule has 1 aromatic heterocycles. The Labute approximate surface area is 125 Å². The van der Waals surface area contributed by atoms with Gasteiger partial charge in [-0.25, -0.2) is 9.59 Å². The van der Waals surface area contributed by atoms with Gasteiger partial charge in [0.15, 0.2) is 0 Å². The van der Waals surface area contributed by atoms with Gasteiger partial charge in [0.2, 0.25) is 0 Å². The van der Waals surface area contributed by atoms with Gasteiger partial charge in [-0.1, -0.05) is 12.8 Å². The highest BCUT2D eigenvalue weighted by molar-refractivity contribution is 5.99. The van der Waals surface area contributed by atoms with Crippen molar-refractivity contribution < 1.29 is 14.7 Å². The van der Waals surface area contributed by atoms with Crippen LogP contribution in [0.25, 0.3) is 11.0 Å². The zero-order valence-corrected chi connectivity index (χ0v) is 12.1. The number of H-pyrrole nitrogens is 1. The van der Waals surface area contributed by atoms with E-state index in [0.717, 1.165) is 12.8 Å². The Balaban J connectivity index is 1.82. The number of nitrogens with zero attached hydrogens (tertiary/aromatic N) is 1. The number of benzene rings is 1. The number of carbonyl (C=O) groups is 2. The fourth-order valence-corrected chi connectivity index (χ4v) is 2.51. The number of nitrogens with one attached hydrogen (secondary N) is 2. The van der Waals surface area contributed by atoms with Crippen LogP contribution >= 0.6 is 0 Å². The molecule has 22 heavy (non-hydrogen) atoms. The van der Waals surface area contributed by atoms with Gasteiger partial charge in [-0.05, 0) is 30.5 Å². The Morgan fingerprint density at radius 2 is 2.18 bits per heavy atom. The van der Waals surface area contributed by atoms with Crippen LogP contribution in [0, 0.1) is 5.92 Å². The third kappa shape index (κ3) is 2.74. The van der Waals surface area contributed by atoms with Crippen molar-refractivity contribution in [2.45, 2.75) is 25.3 Å². The molecule has 0 saturated heterocycles. The highest BCUT2D eigenvalue weighted by Gasteiger charge is 2.30. The summed E-state index contributed by atoms with van der Waals surface area (Å²) in [6.07, 6.45) is 2.51. The number of hydrogen-bond acceptors (Lipinski definition) is 3. The normalized spacial score (nSPS) is 15.7. The molecule has 1 atom stereocenters. The lowest BCUT2D eigenvalue weighted by Gasteiger charge is -2.14. The number of aromatic nitrogens is 2. The molecule has 1 aromatic carbocycles. The molecule has 1 saturated carbocycles. The summed E-state index contributed by atoms with van der Waals surface area (Å²) in [6.45, 7) is 0. The van der Waals surface area contributed by atoms with Crippen LogP contribution in [0.4, 0.5) is 0 Å². The first-order chi connectivity index (χ1) is 10.5. The molecule has 7 heteroatoms. The molecule has 1 aliphatic rings. The van der Waals surface area contributed by atoms with E-state index in [9.17, 15) is 19.5 Å². The highest BCUT2D eigenvalue weighted by Crippen LogP contribution is 2.33. The molecule has 3 rings (SSSR count). The third-order valence-electron chi connectivity index (χ3n) is 4.04. The molecule has 0 bridgehead atoms. The molecule has 1 fully saturated rings. The predicted molar refractivity (Wildman–Crippen MR) is 79.8 cm³/mol. The van der Waals surface area contributed by atoms with Crippen molar-refractivity contribution in [2.75, 3.05) is 0 Å². The summed E-state index contributed by atoms with van der Waals surface area (Å²) in [5.41, 5.74) is 1.32. The van der Waals surface area contributed by atoms with E-state index in [1.54, 1.807) is 25.2 Å². The van der Waals surface area contributed by atoms with Crippen LogP contribution in [0.3, 0.4) is 0 Å². The Hall–Kier alpha value is -2.57. The number of aliphatic carboxylic acids is 1. The Morgan fingerprint density at radius 3 is 2.82 bits per heavy atom. The molecule has 0 radical (unpaired) electrons. The summed E-state index contributed by atoms with van der Waals surface area (Å²) in [7, 11) is 1.61. The second-order valence-corrected chi connectivity index (χ2v) is 5.76. The van der Waals surface area contributed by atoms with E-state index in [1.807, 2.05) is 0 Å². The summed E-state index contributed by atoms with van der Waals surface area (Å²) in [5, 5.41) is 11.8. The summed E-state index contributed by atoms with van der Waals surface area (Å²) in [4.78, 5) is 37.7. The second-order valence-electron chi connectivity index (χ2n) is 5.76. The van der Waals surface area contributed by atoms with Gasteiger partial charge in [0.1, 0.15) is 6.04 Å². The number of imidazole rings is 1. The van der Waals surface area contributed by atoms with Crippen molar-refractivity contribution in [3.8, 4) is 0 Å². The van der Waals surface area contributed by atoms with E-state index in [-0.39, 0.29) is 5.69 Å². The third-order valence-corrected chi connectivity index (χ3v) is 4.04. The van der Waals surface area contributed by atoms with Gasteiger partial charge < -0.3 is 15.4 Å². The van der Waals surface area contributed by atoms with E-state index in [4.69, 9.17) is 0 Å². The van der Waals surface area contributed by atoms with E-state index in [0.29, 0.717) is 28.9 Å². The molecule has 116 valence electrons. The van der Waals surface area contributed by atoms with Crippen molar-refractivity contribution in [1.82, 2.24) is 14.9 Å². The van der Waals surface area contributed by atoms with Crippen molar-refractivity contribution in [1.29, 1.82) is 0 Å². The van der Waals surface area contributed by atoms with Crippen LogP contribution in [-0.2, 0) is 11.8 Å². The molecular weight excluding hydrogens is 286 g/mol. The molecule has 0 spiro atoms. The number of amides is 1. The molecular formula is C15H17N3O4. The number of fused-ring (bicyclic) bond motifs is 1. The summed E-state index contributed by atoms with van der Waals surface area (Å²) in [6, 6.07) is 3.93. The minimum absolute atomic E-state index is 0.260. The lowest BCUT2D eigenvalue weighted by molar-refractivity contribution is -0.139. The molecule has 1 heterocycles. The lowest BCUT2D eigenvalue weighted by Crippen LogP contribution is -2.41. The van der Waals surface area contributed by atoms with Crippen LogP contribution < -0.4 is 11.0 Å². The highest BCUT2D eigenvalue weighted by atomic mass is 16.4. The minimum atomic E-state index is -1.02. The van der Waals surface area contributed by atoms with Gasteiger partial charge in [-0.2, -0.15) is 0 Å². The predicted octanol–water partition coefficient (Wildman–Crippen LogP) is 0.850. The number of aryl methyl sites for hydroxylation is 1. The summed E-state index contributed by atoms with van der Waals surface area (Å²) < 4.78 is 1.41. The molecule has 1 amide bonds. The average molecular weight is 303 g/mol. The first kappa shape index (κ1) is 14.4. The maximum atomic E-state index is 12.3. The number of carboxylic acids is 1. The average Bonchev–Trinajstić information content (AvgIpc) is 3.25. The van der Waals surface area contributed by atoms with E-state index in [2.05, 4.69) is 10.3 Å². The Morgan fingerprint density at radius 1 is 1.45 bits per heavy atom. The zero-order chi connectivity index (χ0) is 15.9. The topological polar surface area (TPSA) is 104 Å². The maximum absolute atomic E-state index is 12.3. The van der Waals surface area contributed by atoms with Crippen LogP contribution in [0.2, 0.25) is 0 Å². The number of aromatic amines is 1. The largest absolute Gasteiger partial charge is 0.480 e. The van der Waals surface area contributed by atoms with E-state index in [1.165, 1.54) is 4.57 Å². The van der Waals surface area contributed by atoms with E-state index >= 15 is 0 Å². The van der Waals surface area contributed by atoms with Crippen molar-refractivity contribution in [3.63, 3.8) is 0 Å². The maximum Gasteiger partial charge on any atom is 0.326 e. The quantitative estimate of drug-likeness (QED) is 0.761. The SMILES string of the molecule is Cn1c(=O)[nH]c2ccc(C(=O)NC(CC3CC3)C(=O)O)cc21. The minimum Gasteiger partial charge on any atom is -0.480 e. The van der Waals surface area contributed by atoms with E-state index < -0.39 is 17.9 Å². The number of carboxylic acid groups (broad SMARTS) is 1. The second kappa shape index (κ2) is 5.32. The molecule has 1 unspecified atom stereocenters. The fraction of sp³-hybridized carbons (Fsp3) is 0.400. The van der Waals surface area contributed by atoms with Gasteiger partial charge in [0.25, 0.3) is 5.91 Å². The monoisotopic (exact) mass is 303 g/mol. The smallest absolute Gasteiger partial charge is 0.326 e. The number of hydrogen-bond donors (Lipinski definition) is 3. The van der Waals surface area contributed by atoms with Crippen molar-refractivity contribution in [3.05, 3.63) is 34.2 Å². The van der Waals surface area contributed by atoms with Crippen LogP contribution in [0.1, 0.15) is 29.6 Å². The van der Waals surface area contributed by atoms with Crippen molar-refractivity contribution in [2.24, 2.45) is 13.0 Å². The Kier molecular flexibility index (Phi) is 3.48. The Bertz CT molecular complexity index is 801. The van der Waals surface area contributed by atoms with Crippen LogP contribution in [0.15, 0.2) is 23.0 Å². The molecule has 2 aromatic rings. The van der Waals surface area contributed by atoms with Gasteiger partial charge in [-0.15, -0.1) is 0 Å². The van der Waals surface area contributed by atoms with Gasteiger partial charge in [-0.3, -0.25) is 9.36 Å². The molecule has 7 nitrogen and oxygen atoms in total. The molecule has 0 aliphatic heterocycles. The van der Waals surface area contributed by atoms with Crippen LogP contribution in [0.5, 0.6) is 0 Å². The molecule has 3 N–H and O–H groups in total. The summed E-state index contributed by atoms with van der Waals surface area (Å²) in [5.74, 6) is -1.06.